The van der Waals surface area contributed by atoms with E-state index in [2.05, 4.69) is 103 Å². The molecule has 2 aliphatic heterocycles. The molecule has 0 unspecified atom stereocenters. The minimum Gasteiger partial charge on any atom is -0.497 e. The third-order valence-corrected chi connectivity index (χ3v) is 14.6. The fraction of sp³-hybridized carbons (Fsp3) is 0.441. The molecule has 218 valence electrons. The lowest BCUT2D eigenvalue weighted by molar-refractivity contribution is -0.138. The molecule has 0 saturated carbocycles. The lowest BCUT2D eigenvalue weighted by Crippen LogP contribution is -2.52. The summed E-state index contributed by atoms with van der Waals surface area (Å²) in [7, 11) is -0.369. The summed E-state index contributed by atoms with van der Waals surface area (Å²) in [6, 6.07) is 25.3. The molecule has 0 aromatic heterocycles. The second-order valence-corrected chi connectivity index (χ2v) is 18.2. The number of amides is 1. The zero-order chi connectivity index (χ0) is 29.1. The number of fused-ring (bicyclic) bond motifs is 1. The number of ether oxygens (including phenoxy) is 2. The molecule has 1 amide bonds. The summed E-state index contributed by atoms with van der Waals surface area (Å²) in [4.78, 5) is 15.9. The number of hydrogen-bond donors (Lipinski definition) is 1. The van der Waals surface area contributed by atoms with Crippen molar-refractivity contribution in [3.63, 3.8) is 0 Å². The average Bonchev–Trinajstić information content (AvgIpc) is 3.30. The quantitative estimate of drug-likeness (QED) is 0.224. The zero-order valence-corrected chi connectivity index (χ0v) is 27.7. The van der Waals surface area contributed by atoms with Crippen LogP contribution in [-0.2, 0) is 28.9 Å². The van der Waals surface area contributed by atoms with Gasteiger partial charge in [0.05, 0.1) is 46.5 Å². The van der Waals surface area contributed by atoms with Gasteiger partial charge in [-0.3, -0.25) is 4.79 Å². The van der Waals surface area contributed by atoms with E-state index in [1.165, 1.54) is 25.4 Å². The first-order valence-electron chi connectivity index (χ1n) is 14.7. The summed E-state index contributed by atoms with van der Waals surface area (Å²) in [5.74, 6) is 1.27. The van der Waals surface area contributed by atoms with Crippen LogP contribution in [0.4, 0.5) is 0 Å². The van der Waals surface area contributed by atoms with Gasteiger partial charge in [0.25, 0.3) is 0 Å². The first-order chi connectivity index (χ1) is 19.7. The van der Waals surface area contributed by atoms with E-state index >= 15 is 0 Å². The van der Waals surface area contributed by atoms with Gasteiger partial charge in [-0.1, -0.05) is 73.7 Å². The Morgan fingerprint density at radius 3 is 2.37 bits per heavy atom. The highest BCUT2D eigenvalue weighted by atomic mass is 127. The van der Waals surface area contributed by atoms with Gasteiger partial charge >= 0.3 is 0 Å². The fourth-order valence-corrected chi connectivity index (χ4v) is 11.6. The Morgan fingerprint density at radius 1 is 1.02 bits per heavy atom. The molecular formula is C34H42INO4Si. The second-order valence-electron chi connectivity index (χ2n) is 12.2. The van der Waals surface area contributed by atoms with Crippen LogP contribution in [0, 0.1) is 9.49 Å². The molecule has 1 saturated heterocycles. The van der Waals surface area contributed by atoms with Crippen LogP contribution in [0.15, 0.2) is 72.8 Å². The highest BCUT2D eigenvalue weighted by Crippen LogP contribution is 2.46. The minimum atomic E-state index is -2.07. The number of methoxy groups -OCH3 is 1. The molecular weight excluding hydrogens is 641 g/mol. The van der Waals surface area contributed by atoms with E-state index in [-0.39, 0.29) is 36.3 Å². The van der Waals surface area contributed by atoms with E-state index in [1.807, 2.05) is 17.0 Å². The van der Waals surface area contributed by atoms with Crippen molar-refractivity contribution >= 4 is 41.8 Å². The maximum atomic E-state index is 14.0. The number of benzene rings is 3. The van der Waals surface area contributed by atoms with Crippen molar-refractivity contribution in [1.29, 1.82) is 0 Å². The molecule has 2 aliphatic rings. The van der Waals surface area contributed by atoms with Crippen LogP contribution < -0.4 is 9.92 Å². The molecule has 0 aliphatic carbocycles. The van der Waals surface area contributed by atoms with Gasteiger partial charge in [-0.25, -0.2) is 0 Å². The average molecular weight is 684 g/mol. The third-order valence-electron chi connectivity index (χ3n) is 9.46. The normalized spacial score (nSPS) is 24.2. The summed E-state index contributed by atoms with van der Waals surface area (Å²) in [6.45, 7) is 7.69. The van der Waals surface area contributed by atoms with Gasteiger partial charge in [0.15, 0.2) is 0 Å². The number of carbonyl (C=O) groups is 1. The Hall–Kier alpha value is -2.20. The van der Waals surface area contributed by atoms with Crippen molar-refractivity contribution in [2.45, 2.75) is 76.0 Å². The molecule has 1 fully saturated rings. The predicted octanol–water partition coefficient (Wildman–Crippen LogP) is 5.96. The van der Waals surface area contributed by atoms with Gasteiger partial charge in [-0.2, -0.15) is 0 Å². The highest BCUT2D eigenvalue weighted by molar-refractivity contribution is 14.1. The largest absolute Gasteiger partial charge is 0.497 e. The van der Waals surface area contributed by atoms with Crippen LogP contribution in [0.25, 0.3) is 0 Å². The lowest BCUT2D eigenvalue weighted by atomic mass is 9.93. The number of rotatable bonds is 9. The fourth-order valence-electron chi connectivity index (χ4n) is 7.14. The van der Waals surface area contributed by atoms with Crippen molar-refractivity contribution in [1.82, 2.24) is 4.90 Å². The van der Waals surface area contributed by atoms with Crippen LogP contribution in [-0.4, -0.2) is 56.0 Å². The number of aliphatic hydroxyl groups is 1. The van der Waals surface area contributed by atoms with E-state index in [0.717, 1.165) is 18.6 Å². The van der Waals surface area contributed by atoms with Crippen molar-refractivity contribution in [2.24, 2.45) is 5.92 Å². The van der Waals surface area contributed by atoms with Gasteiger partial charge in [0.1, 0.15) is 5.75 Å². The van der Waals surface area contributed by atoms with Crippen LogP contribution in [0.2, 0.25) is 18.6 Å². The Labute approximate surface area is 259 Å². The molecule has 0 radical (unpaired) electrons. The van der Waals surface area contributed by atoms with Crippen molar-refractivity contribution < 1.29 is 19.4 Å². The smallest absolute Gasteiger partial charge is 0.225 e. The van der Waals surface area contributed by atoms with E-state index in [9.17, 15) is 9.90 Å². The Bertz CT molecular complexity index is 1330. The summed E-state index contributed by atoms with van der Waals surface area (Å²) in [6.07, 6.45) is 2.87. The summed E-state index contributed by atoms with van der Waals surface area (Å²) in [5, 5.41) is 11.6. The molecule has 0 spiro atoms. The molecule has 5 atom stereocenters. The molecule has 3 aromatic rings. The number of carbonyl (C=O) groups excluding carboxylic acids is 1. The molecule has 5 rings (SSSR count). The molecule has 5 nitrogen and oxygen atoms in total. The number of aryl methyl sites for hydroxylation is 1. The number of nitrogens with zero attached hydrogens (tertiary/aromatic N) is 1. The monoisotopic (exact) mass is 683 g/mol. The SMILES string of the molecule is COc1ccc([Si](C)(C)[C@H]2[C@H](C)[C@H](CCc3ccc(I)cc3)O[C@@H]2CC(=O)N2Cc3ccccc3C[C@H]2CO)cc1. The van der Waals surface area contributed by atoms with Crippen LogP contribution in [0.5, 0.6) is 5.75 Å². The van der Waals surface area contributed by atoms with E-state index < -0.39 is 8.07 Å². The Balaban J connectivity index is 1.39. The summed E-state index contributed by atoms with van der Waals surface area (Å²) < 4.78 is 13.6. The number of halogens is 1. The van der Waals surface area contributed by atoms with Crippen LogP contribution in [0.1, 0.15) is 36.5 Å². The van der Waals surface area contributed by atoms with E-state index in [4.69, 9.17) is 9.47 Å². The predicted molar refractivity (Wildman–Crippen MR) is 175 cm³/mol. The molecule has 2 heterocycles. The van der Waals surface area contributed by atoms with E-state index in [1.54, 1.807) is 7.11 Å². The lowest BCUT2D eigenvalue weighted by Gasteiger charge is -2.39. The first-order valence-corrected chi connectivity index (χ1v) is 18.9. The van der Waals surface area contributed by atoms with Gasteiger partial charge in [0.2, 0.25) is 5.91 Å². The van der Waals surface area contributed by atoms with Gasteiger partial charge < -0.3 is 19.5 Å². The third kappa shape index (κ3) is 6.58. The topological polar surface area (TPSA) is 59.0 Å². The van der Waals surface area contributed by atoms with Crippen molar-refractivity contribution in [3.05, 3.63) is 93.1 Å². The van der Waals surface area contributed by atoms with Crippen LogP contribution >= 0.6 is 22.6 Å². The van der Waals surface area contributed by atoms with Gasteiger partial charge in [0, 0.05) is 10.1 Å². The maximum Gasteiger partial charge on any atom is 0.225 e. The highest BCUT2D eigenvalue weighted by Gasteiger charge is 2.51. The molecule has 1 N–H and O–H groups in total. The Kier molecular flexibility index (Phi) is 9.58. The van der Waals surface area contributed by atoms with E-state index in [0.29, 0.717) is 25.3 Å². The van der Waals surface area contributed by atoms with Gasteiger partial charge in [-0.15, -0.1) is 0 Å². The maximum absolute atomic E-state index is 14.0. The zero-order valence-electron chi connectivity index (χ0n) is 24.6. The molecule has 0 bridgehead atoms. The summed E-state index contributed by atoms with van der Waals surface area (Å²) >= 11 is 2.34. The summed E-state index contributed by atoms with van der Waals surface area (Å²) in [5.41, 5.74) is 4.00. The first kappa shape index (κ1) is 30.3. The standard InChI is InChI=1S/C34H42INO4Si/c1-23-31(18-11-24-9-12-27(35)13-10-24)40-32(34(23)41(3,4)30-16-14-29(39-2)15-17-30)20-33(38)36-21-26-8-6-5-7-25(26)19-28(36)22-37/h5-10,12-17,23,28,31-32,34,37H,11,18-22H2,1-4H3/t23-,28+,31+,32-,34+/m1/s1. The second kappa shape index (κ2) is 13.0. The van der Waals surface area contributed by atoms with Crippen molar-refractivity contribution in [2.75, 3.05) is 13.7 Å². The minimum absolute atomic E-state index is 0.0316. The molecule has 7 heteroatoms. The molecule has 3 aromatic carbocycles. The van der Waals surface area contributed by atoms with Gasteiger partial charge in [-0.05, 0) is 94.3 Å². The van der Waals surface area contributed by atoms with Crippen molar-refractivity contribution in [3.8, 4) is 5.75 Å². The van der Waals surface area contributed by atoms with Crippen LogP contribution in [0.3, 0.4) is 0 Å². The number of aliphatic hydroxyl groups excluding tert-OH is 1. The molecule has 41 heavy (non-hydrogen) atoms. The number of hydrogen-bond acceptors (Lipinski definition) is 4. The Morgan fingerprint density at radius 2 is 1.71 bits per heavy atom.